The minimum Gasteiger partial charge on any atom is -0.381 e. The molecule has 0 aromatic heterocycles. The van der Waals surface area contributed by atoms with Crippen molar-refractivity contribution in [2.45, 2.75) is 12.1 Å². The molecule has 0 heterocycles. The van der Waals surface area contributed by atoms with Gasteiger partial charge in [-0.05, 0) is 29.8 Å². The Balaban J connectivity index is 2.43. The molecule has 2 rings (SSSR count). The minimum absolute atomic E-state index is 0.409. The number of aliphatic hydroxyl groups is 1. The average molecular weight is 302 g/mol. The Hall–Kier alpha value is -2.40. The second-order valence-electron chi connectivity index (χ2n) is 5.01. The SMILES string of the molecule is CNC(=O)C(O)C(c1cccc(F)c1)N(C)c1ccccc1. The third-order valence-electron chi connectivity index (χ3n) is 3.59. The lowest BCUT2D eigenvalue weighted by Crippen LogP contribution is -2.43. The normalized spacial score (nSPS) is 13.3. The Kier molecular flexibility index (Phi) is 5.12. The molecule has 0 fully saturated rings. The van der Waals surface area contributed by atoms with Crippen LogP contribution in [0, 0.1) is 5.82 Å². The fourth-order valence-electron chi connectivity index (χ4n) is 2.42. The number of para-hydroxylation sites is 1. The maximum absolute atomic E-state index is 13.5. The maximum Gasteiger partial charge on any atom is 0.251 e. The molecule has 5 heteroatoms. The van der Waals surface area contributed by atoms with Crippen LogP contribution in [-0.2, 0) is 4.79 Å². The highest BCUT2D eigenvalue weighted by Gasteiger charge is 2.30. The Bertz CT molecular complexity index is 634. The van der Waals surface area contributed by atoms with Gasteiger partial charge < -0.3 is 15.3 Å². The molecule has 1 amide bonds. The number of likely N-dealkylation sites (N-methyl/N-ethyl adjacent to an activating group) is 2. The van der Waals surface area contributed by atoms with Gasteiger partial charge in [-0.3, -0.25) is 4.79 Å². The number of aliphatic hydroxyl groups excluding tert-OH is 1. The number of anilines is 1. The lowest BCUT2D eigenvalue weighted by Gasteiger charge is -2.33. The predicted octanol–water partition coefficient (Wildman–Crippen LogP) is 2.11. The van der Waals surface area contributed by atoms with Gasteiger partial charge in [-0.25, -0.2) is 4.39 Å². The largest absolute Gasteiger partial charge is 0.381 e. The molecule has 0 aliphatic carbocycles. The summed E-state index contributed by atoms with van der Waals surface area (Å²) in [7, 11) is 3.22. The summed E-state index contributed by atoms with van der Waals surface area (Å²) >= 11 is 0. The van der Waals surface area contributed by atoms with Crippen molar-refractivity contribution in [1.29, 1.82) is 0 Å². The van der Waals surface area contributed by atoms with Crippen LogP contribution >= 0.6 is 0 Å². The predicted molar refractivity (Wildman–Crippen MR) is 84.1 cm³/mol. The summed E-state index contributed by atoms with van der Waals surface area (Å²) in [6, 6.07) is 14.5. The molecular weight excluding hydrogens is 283 g/mol. The molecule has 2 unspecified atom stereocenters. The van der Waals surface area contributed by atoms with Crippen molar-refractivity contribution in [3.05, 3.63) is 66.0 Å². The number of hydrogen-bond donors (Lipinski definition) is 2. The Morgan fingerprint density at radius 1 is 1.18 bits per heavy atom. The van der Waals surface area contributed by atoms with Crippen molar-refractivity contribution in [2.24, 2.45) is 0 Å². The first-order valence-corrected chi connectivity index (χ1v) is 6.97. The Morgan fingerprint density at radius 2 is 1.86 bits per heavy atom. The number of nitrogens with zero attached hydrogens (tertiary/aromatic N) is 1. The van der Waals surface area contributed by atoms with E-state index in [1.165, 1.54) is 19.2 Å². The molecule has 0 saturated carbocycles. The van der Waals surface area contributed by atoms with Crippen LogP contribution < -0.4 is 10.2 Å². The zero-order valence-electron chi connectivity index (χ0n) is 12.5. The number of benzene rings is 2. The number of nitrogens with one attached hydrogen (secondary N) is 1. The standard InChI is InChI=1S/C17H19FN2O2/c1-19-17(22)16(21)15(12-7-6-8-13(18)11-12)20(2)14-9-4-3-5-10-14/h3-11,15-16,21H,1-2H3,(H,19,22). The molecule has 0 saturated heterocycles. The molecule has 4 nitrogen and oxygen atoms in total. The molecule has 2 N–H and O–H groups in total. The summed E-state index contributed by atoms with van der Waals surface area (Å²) in [6.07, 6.45) is -1.32. The van der Waals surface area contributed by atoms with Crippen molar-refractivity contribution < 1.29 is 14.3 Å². The topological polar surface area (TPSA) is 52.6 Å². The van der Waals surface area contributed by atoms with E-state index in [-0.39, 0.29) is 0 Å². The van der Waals surface area contributed by atoms with E-state index in [1.807, 2.05) is 30.3 Å². The highest BCUT2D eigenvalue weighted by Crippen LogP contribution is 2.29. The Morgan fingerprint density at radius 3 is 2.45 bits per heavy atom. The van der Waals surface area contributed by atoms with Gasteiger partial charge in [-0.15, -0.1) is 0 Å². The monoisotopic (exact) mass is 302 g/mol. The fraction of sp³-hybridized carbons (Fsp3) is 0.235. The van der Waals surface area contributed by atoms with Gasteiger partial charge in [0.15, 0.2) is 6.10 Å². The molecule has 2 atom stereocenters. The van der Waals surface area contributed by atoms with Crippen molar-refractivity contribution >= 4 is 11.6 Å². The third kappa shape index (κ3) is 3.43. The summed E-state index contributed by atoms with van der Waals surface area (Å²) in [6.45, 7) is 0. The van der Waals surface area contributed by atoms with E-state index in [9.17, 15) is 14.3 Å². The highest BCUT2D eigenvalue weighted by atomic mass is 19.1. The molecule has 0 aliphatic heterocycles. The first kappa shape index (κ1) is 16.0. The molecular formula is C17H19FN2O2. The number of carbonyl (C=O) groups excluding carboxylic acids is 1. The number of rotatable bonds is 5. The minimum atomic E-state index is -1.32. The van der Waals surface area contributed by atoms with Crippen molar-refractivity contribution in [3.8, 4) is 0 Å². The van der Waals surface area contributed by atoms with Crippen LogP contribution in [0.2, 0.25) is 0 Å². The second kappa shape index (κ2) is 7.04. The van der Waals surface area contributed by atoms with Gasteiger partial charge in [-0.1, -0.05) is 30.3 Å². The maximum atomic E-state index is 13.5. The summed E-state index contributed by atoms with van der Waals surface area (Å²) in [5.41, 5.74) is 1.35. The molecule has 0 spiro atoms. The summed E-state index contributed by atoms with van der Waals surface area (Å²) in [5.74, 6) is -0.926. The van der Waals surface area contributed by atoms with E-state index in [0.717, 1.165) is 5.69 Å². The third-order valence-corrected chi connectivity index (χ3v) is 3.59. The molecule has 0 aliphatic rings. The van der Waals surface area contributed by atoms with Crippen molar-refractivity contribution in [2.75, 3.05) is 19.0 Å². The van der Waals surface area contributed by atoms with Crippen LogP contribution in [0.25, 0.3) is 0 Å². The molecule has 2 aromatic rings. The molecule has 0 bridgehead atoms. The van der Waals surface area contributed by atoms with E-state index >= 15 is 0 Å². The number of amides is 1. The van der Waals surface area contributed by atoms with Gasteiger partial charge in [0.2, 0.25) is 0 Å². The van der Waals surface area contributed by atoms with Crippen LogP contribution in [0.3, 0.4) is 0 Å². The molecule has 116 valence electrons. The summed E-state index contributed by atoms with van der Waals surface area (Å²) in [4.78, 5) is 13.6. The number of hydrogen-bond acceptors (Lipinski definition) is 3. The molecule has 0 radical (unpaired) electrons. The van der Waals surface area contributed by atoms with Gasteiger partial charge in [0, 0.05) is 19.8 Å². The Labute approximate surface area is 129 Å². The van der Waals surface area contributed by atoms with Gasteiger partial charge in [0.05, 0.1) is 6.04 Å². The first-order valence-electron chi connectivity index (χ1n) is 6.97. The van der Waals surface area contributed by atoms with Crippen LogP contribution in [0.5, 0.6) is 0 Å². The quantitative estimate of drug-likeness (QED) is 0.889. The van der Waals surface area contributed by atoms with Crippen molar-refractivity contribution in [1.82, 2.24) is 5.32 Å². The van der Waals surface area contributed by atoms with Gasteiger partial charge in [-0.2, -0.15) is 0 Å². The van der Waals surface area contributed by atoms with Crippen molar-refractivity contribution in [3.63, 3.8) is 0 Å². The van der Waals surface area contributed by atoms with Crippen LogP contribution in [0.15, 0.2) is 54.6 Å². The van der Waals surface area contributed by atoms with Gasteiger partial charge in [0.1, 0.15) is 5.82 Å². The van der Waals surface area contributed by atoms with E-state index in [2.05, 4.69) is 5.32 Å². The molecule has 22 heavy (non-hydrogen) atoms. The molecule has 2 aromatic carbocycles. The smallest absolute Gasteiger partial charge is 0.251 e. The van der Waals surface area contributed by atoms with E-state index < -0.39 is 23.9 Å². The summed E-state index contributed by atoms with van der Waals surface area (Å²) in [5, 5.41) is 12.8. The zero-order chi connectivity index (χ0) is 16.1. The van der Waals surface area contributed by atoms with Crippen LogP contribution in [0.1, 0.15) is 11.6 Å². The lowest BCUT2D eigenvalue weighted by atomic mass is 9.98. The van der Waals surface area contributed by atoms with Crippen LogP contribution in [0.4, 0.5) is 10.1 Å². The lowest BCUT2D eigenvalue weighted by molar-refractivity contribution is -0.129. The fourth-order valence-corrected chi connectivity index (χ4v) is 2.42. The van der Waals surface area contributed by atoms with E-state index in [1.54, 1.807) is 24.1 Å². The highest BCUT2D eigenvalue weighted by molar-refractivity contribution is 5.82. The first-order chi connectivity index (χ1) is 10.5. The second-order valence-corrected chi connectivity index (χ2v) is 5.01. The average Bonchev–Trinajstić information content (AvgIpc) is 2.55. The van der Waals surface area contributed by atoms with Crippen LogP contribution in [-0.4, -0.2) is 31.2 Å². The van der Waals surface area contributed by atoms with E-state index in [0.29, 0.717) is 5.56 Å². The van der Waals surface area contributed by atoms with Gasteiger partial charge in [0.25, 0.3) is 5.91 Å². The number of halogens is 1. The zero-order valence-corrected chi connectivity index (χ0v) is 12.5. The van der Waals surface area contributed by atoms with Gasteiger partial charge >= 0.3 is 0 Å². The number of carbonyl (C=O) groups is 1. The van der Waals surface area contributed by atoms with E-state index in [4.69, 9.17) is 0 Å². The summed E-state index contributed by atoms with van der Waals surface area (Å²) < 4.78 is 13.5.